The molecule has 1 rings (SSSR count). The van der Waals surface area contributed by atoms with Crippen molar-refractivity contribution in [2.24, 2.45) is 0 Å². The molecule has 1 N–H and O–H groups in total. The maximum absolute atomic E-state index is 3.55. The third-order valence-electron chi connectivity index (χ3n) is 2.53. The average Bonchev–Trinajstić information content (AvgIpc) is 2.30. The van der Waals surface area contributed by atoms with Crippen LogP contribution < -0.4 is 5.32 Å². The van der Waals surface area contributed by atoms with E-state index in [-0.39, 0.29) is 0 Å². The summed E-state index contributed by atoms with van der Waals surface area (Å²) in [6.45, 7) is 3.35. The zero-order valence-electron chi connectivity index (χ0n) is 9.70. The van der Waals surface area contributed by atoms with Crippen molar-refractivity contribution >= 4 is 11.8 Å². The minimum absolute atomic E-state index is 0.473. The van der Waals surface area contributed by atoms with E-state index in [9.17, 15) is 0 Å². The molecule has 0 radical (unpaired) electrons. The minimum Gasteiger partial charge on any atom is -0.310 e. The maximum atomic E-state index is 3.55. The highest BCUT2D eigenvalue weighted by Gasteiger charge is 2.02. The molecule has 1 aromatic rings. The van der Waals surface area contributed by atoms with Gasteiger partial charge in [-0.3, -0.25) is 0 Å². The van der Waals surface area contributed by atoms with Gasteiger partial charge in [0.2, 0.25) is 0 Å². The van der Waals surface area contributed by atoms with Crippen LogP contribution in [0.1, 0.15) is 31.4 Å². The molecule has 1 unspecified atom stereocenters. The highest BCUT2D eigenvalue weighted by molar-refractivity contribution is 7.98. The topological polar surface area (TPSA) is 12.0 Å². The quantitative estimate of drug-likeness (QED) is 0.710. The Morgan fingerprint density at radius 3 is 2.60 bits per heavy atom. The zero-order chi connectivity index (χ0) is 10.9. The SMILES string of the molecule is CSCCCCNC(C)c1ccccc1. The van der Waals surface area contributed by atoms with E-state index < -0.39 is 0 Å². The standard InChI is InChI=1S/C13H21NS/c1-12(13-8-4-3-5-9-13)14-10-6-7-11-15-2/h3-5,8-9,12,14H,6-7,10-11H2,1-2H3. The van der Waals surface area contributed by atoms with E-state index in [2.05, 4.69) is 48.8 Å². The second-order valence-corrected chi connectivity index (χ2v) is 4.77. The molecule has 0 aliphatic heterocycles. The van der Waals surface area contributed by atoms with E-state index in [1.54, 1.807) is 0 Å². The molecule has 2 heteroatoms. The Bertz CT molecular complexity index is 248. The Balaban J connectivity index is 2.16. The maximum Gasteiger partial charge on any atom is 0.0291 e. The zero-order valence-corrected chi connectivity index (χ0v) is 10.5. The first-order valence-electron chi connectivity index (χ1n) is 5.62. The molecule has 0 aliphatic carbocycles. The number of nitrogens with one attached hydrogen (secondary N) is 1. The fourth-order valence-corrected chi connectivity index (χ4v) is 2.04. The molecule has 1 atom stereocenters. The summed E-state index contributed by atoms with van der Waals surface area (Å²) in [5.74, 6) is 1.28. The van der Waals surface area contributed by atoms with Gasteiger partial charge in [0, 0.05) is 6.04 Å². The van der Waals surface area contributed by atoms with Crippen molar-refractivity contribution in [3.63, 3.8) is 0 Å². The van der Waals surface area contributed by atoms with Gasteiger partial charge in [0.1, 0.15) is 0 Å². The van der Waals surface area contributed by atoms with Gasteiger partial charge in [0.15, 0.2) is 0 Å². The molecule has 0 saturated heterocycles. The second kappa shape index (κ2) is 7.77. The van der Waals surface area contributed by atoms with Gasteiger partial charge in [-0.25, -0.2) is 0 Å². The first-order valence-corrected chi connectivity index (χ1v) is 7.01. The van der Waals surface area contributed by atoms with Gasteiger partial charge in [0.05, 0.1) is 0 Å². The smallest absolute Gasteiger partial charge is 0.0291 e. The van der Waals surface area contributed by atoms with Crippen molar-refractivity contribution in [1.82, 2.24) is 5.32 Å². The van der Waals surface area contributed by atoms with Crippen LogP contribution in [-0.2, 0) is 0 Å². The summed E-state index contributed by atoms with van der Waals surface area (Å²) in [5.41, 5.74) is 1.38. The number of benzene rings is 1. The van der Waals surface area contributed by atoms with Crippen LogP contribution in [0.15, 0.2) is 30.3 Å². The molecule has 0 fully saturated rings. The lowest BCUT2D eigenvalue weighted by Crippen LogP contribution is -2.19. The molecule has 0 amide bonds. The van der Waals surface area contributed by atoms with Crippen molar-refractivity contribution in [1.29, 1.82) is 0 Å². The summed E-state index contributed by atoms with van der Waals surface area (Å²) in [6.07, 6.45) is 4.76. The first kappa shape index (κ1) is 12.6. The van der Waals surface area contributed by atoms with Gasteiger partial charge in [-0.2, -0.15) is 11.8 Å². The molecule has 84 valence electrons. The van der Waals surface area contributed by atoms with E-state index in [0.717, 1.165) is 6.54 Å². The summed E-state index contributed by atoms with van der Waals surface area (Å²) in [6, 6.07) is 11.1. The van der Waals surface area contributed by atoms with Crippen molar-refractivity contribution < 1.29 is 0 Å². The number of hydrogen-bond acceptors (Lipinski definition) is 2. The van der Waals surface area contributed by atoms with Crippen molar-refractivity contribution in [2.75, 3.05) is 18.6 Å². The van der Waals surface area contributed by atoms with Gasteiger partial charge in [0.25, 0.3) is 0 Å². The van der Waals surface area contributed by atoms with Crippen LogP contribution in [0.25, 0.3) is 0 Å². The molecule has 0 aliphatic rings. The molecule has 0 aromatic heterocycles. The van der Waals surface area contributed by atoms with E-state index in [4.69, 9.17) is 0 Å². The molecular weight excluding hydrogens is 202 g/mol. The Labute approximate surface area is 97.7 Å². The third-order valence-corrected chi connectivity index (χ3v) is 3.22. The van der Waals surface area contributed by atoms with Crippen LogP contribution in [0.5, 0.6) is 0 Å². The lowest BCUT2D eigenvalue weighted by Gasteiger charge is -2.13. The van der Waals surface area contributed by atoms with Gasteiger partial charge in [-0.05, 0) is 43.9 Å². The van der Waals surface area contributed by atoms with Crippen molar-refractivity contribution in [3.8, 4) is 0 Å². The van der Waals surface area contributed by atoms with Crippen LogP contribution >= 0.6 is 11.8 Å². The average molecular weight is 223 g/mol. The van der Waals surface area contributed by atoms with Crippen molar-refractivity contribution in [2.45, 2.75) is 25.8 Å². The number of rotatable bonds is 7. The van der Waals surface area contributed by atoms with Gasteiger partial charge < -0.3 is 5.32 Å². The summed E-state index contributed by atoms with van der Waals surface area (Å²) in [4.78, 5) is 0. The number of unbranched alkanes of at least 4 members (excludes halogenated alkanes) is 1. The Morgan fingerprint density at radius 1 is 1.20 bits per heavy atom. The van der Waals surface area contributed by atoms with Crippen LogP contribution in [0.3, 0.4) is 0 Å². The largest absolute Gasteiger partial charge is 0.310 e. The highest BCUT2D eigenvalue weighted by atomic mass is 32.2. The molecule has 0 bridgehead atoms. The Morgan fingerprint density at radius 2 is 1.93 bits per heavy atom. The summed E-state index contributed by atoms with van der Waals surface area (Å²) < 4.78 is 0. The Hall–Kier alpha value is -0.470. The fraction of sp³-hybridized carbons (Fsp3) is 0.538. The van der Waals surface area contributed by atoms with Crippen LogP contribution in [0, 0.1) is 0 Å². The van der Waals surface area contributed by atoms with Gasteiger partial charge in [-0.1, -0.05) is 30.3 Å². The highest BCUT2D eigenvalue weighted by Crippen LogP contribution is 2.10. The molecule has 0 heterocycles. The Kier molecular flexibility index (Phi) is 6.53. The lowest BCUT2D eigenvalue weighted by molar-refractivity contribution is 0.556. The van der Waals surface area contributed by atoms with E-state index in [1.165, 1.54) is 24.2 Å². The molecule has 0 saturated carbocycles. The number of hydrogen-bond donors (Lipinski definition) is 1. The van der Waals surface area contributed by atoms with E-state index in [0.29, 0.717) is 6.04 Å². The van der Waals surface area contributed by atoms with Crippen LogP contribution in [0.4, 0.5) is 0 Å². The van der Waals surface area contributed by atoms with Gasteiger partial charge >= 0.3 is 0 Å². The first-order chi connectivity index (χ1) is 7.34. The van der Waals surface area contributed by atoms with Crippen LogP contribution in [-0.4, -0.2) is 18.6 Å². The van der Waals surface area contributed by atoms with Crippen LogP contribution in [0.2, 0.25) is 0 Å². The molecule has 0 spiro atoms. The van der Waals surface area contributed by atoms with Crippen molar-refractivity contribution in [3.05, 3.63) is 35.9 Å². The van der Waals surface area contributed by atoms with E-state index >= 15 is 0 Å². The predicted octanol–water partition coefficient (Wildman–Crippen LogP) is 3.48. The predicted molar refractivity (Wildman–Crippen MR) is 70.5 cm³/mol. The number of thioether (sulfide) groups is 1. The third kappa shape index (κ3) is 5.24. The lowest BCUT2D eigenvalue weighted by atomic mass is 10.1. The fourth-order valence-electron chi connectivity index (χ4n) is 1.55. The minimum atomic E-state index is 0.473. The molecule has 1 nitrogen and oxygen atoms in total. The molecule has 1 aromatic carbocycles. The summed E-state index contributed by atoms with van der Waals surface area (Å²) >= 11 is 1.93. The normalized spacial score (nSPS) is 12.7. The summed E-state index contributed by atoms with van der Waals surface area (Å²) in [5, 5.41) is 3.55. The molecular formula is C13H21NS. The second-order valence-electron chi connectivity index (χ2n) is 3.79. The molecule has 15 heavy (non-hydrogen) atoms. The monoisotopic (exact) mass is 223 g/mol. The summed E-state index contributed by atoms with van der Waals surface area (Å²) in [7, 11) is 0. The van der Waals surface area contributed by atoms with Gasteiger partial charge in [-0.15, -0.1) is 0 Å². The van der Waals surface area contributed by atoms with E-state index in [1.807, 2.05) is 11.8 Å².